The molecule has 2 saturated carbocycles. The molecule has 1 aromatic carbocycles. The zero-order chi connectivity index (χ0) is 15.5. The summed E-state index contributed by atoms with van der Waals surface area (Å²) >= 11 is 0. The summed E-state index contributed by atoms with van der Waals surface area (Å²) in [6.07, 6.45) is 3.85. The maximum absolute atomic E-state index is 13.9. The number of fused-ring (bicyclic) bond motifs is 2. The average Bonchev–Trinajstić information content (AvgIpc) is 2.88. The molecule has 1 aromatic rings. The third-order valence-electron chi connectivity index (χ3n) is 6.50. The van der Waals surface area contributed by atoms with Crippen molar-refractivity contribution in [2.24, 2.45) is 16.7 Å². The van der Waals surface area contributed by atoms with Crippen LogP contribution in [0.4, 0.5) is 4.39 Å². The minimum absolute atomic E-state index is 0.0580. The third-order valence-corrected chi connectivity index (χ3v) is 6.50. The number of benzene rings is 1. The van der Waals surface area contributed by atoms with Crippen molar-refractivity contribution >= 4 is 0 Å². The summed E-state index contributed by atoms with van der Waals surface area (Å²) in [6.45, 7) is 6.53. The topological polar surface area (TPSA) is 29.5 Å². The molecule has 3 heteroatoms. The third kappa shape index (κ3) is 1.86. The Labute approximate surface area is 126 Å². The lowest BCUT2D eigenvalue weighted by molar-refractivity contribution is -0.141. The highest BCUT2D eigenvalue weighted by Crippen LogP contribution is 2.68. The molecule has 3 rings (SSSR count). The lowest BCUT2D eigenvalue weighted by Gasteiger charge is -2.51. The molecule has 0 spiro atoms. The summed E-state index contributed by atoms with van der Waals surface area (Å²) in [6, 6.07) is 5.02. The highest BCUT2D eigenvalue weighted by atomic mass is 19.1. The number of halogens is 1. The van der Waals surface area contributed by atoms with Crippen LogP contribution in [-0.4, -0.2) is 17.8 Å². The van der Waals surface area contributed by atoms with Crippen LogP contribution < -0.4 is 4.74 Å². The van der Waals surface area contributed by atoms with Gasteiger partial charge in [0, 0.05) is 6.42 Å². The van der Waals surface area contributed by atoms with Crippen molar-refractivity contribution in [2.45, 2.75) is 52.1 Å². The number of rotatable bonds is 3. The van der Waals surface area contributed by atoms with Gasteiger partial charge in [0.2, 0.25) is 0 Å². The normalized spacial score (nSPS) is 37.0. The smallest absolute Gasteiger partial charge is 0.165 e. The average molecular weight is 292 g/mol. The molecule has 0 aliphatic heterocycles. The Morgan fingerprint density at radius 2 is 2.05 bits per heavy atom. The van der Waals surface area contributed by atoms with Gasteiger partial charge < -0.3 is 9.84 Å². The van der Waals surface area contributed by atoms with Gasteiger partial charge >= 0.3 is 0 Å². The first kappa shape index (κ1) is 14.8. The number of aliphatic hydroxyl groups is 1. The fraction of sp³-hybridized carbons (Fsp3) is 0.667. The standard InChI is InChI=1S/C18H25FO2/c1-16(2)13-7-8-17(3,11-13)18(16,20)10-12-5-6-15(21-4)14(19)9-12/h5-6,9,13,20H,7-8,10-11H2,1-4H3. The van der Waals surface area contributed by atoms with Crippen LogP contribution in [0, 0.1) is 22.6 Å². The lowest BCUT2D eigenvalue weighted by Crippen LogP contribution is -2.55. The molecular formula is C18H25FO2. The minimum Gasteiger partial charge on any atom is -0.494 e. The Morgan fingerprint density at radius 3 is 2.57 bits per heavy atom. The first-order chi connectivity index (χ1) is 9.73. The van der Waals surface area contributed by atoms with Crippen LogP contribution in [0.3, 0.4) is 0 Å². The summed E-state index contributed by atoms with van der Waals surface area (Å²) in [4.78, 5) is 0. The molecule has 2 aliphatic carbocycles. The van der Waals surface area contributed by atoms with Crippen LogP contribution in [0.25, 0.3) is 0 Å². The van der Waals surface area contributed by atoms with Crippen molar-refractivity contribution in [2.75, 3.05) is 7.11 Å². The number of hydrogen-bond acceptors (Lipinski definition) is 2. The molecule has 21 heavy (non-hydrogen) atoms. The van der Waals surface area contributed by atoms with Crippen molar-refractivity contribution in [1.29, 1.82) is 0 Å². The van der Waals surface area contributed by atoms with E-state index in [2.05, 4.69) is 20.8 Å². The quantitative estimate of drug-likeness (QED) is 0.914. The largest absolute Gasteiger partial charge is 0.494 e. The van der Waals surface area contributed by atoms with Crippen LogP contribution in [0.2, 0.25) is 0 Å². The Bertz CT molecular complexity index is 562. The van der Waals surface area contributed by atoms with Gasteiger partial charge in [-0.15, -0.1) is 0 Å². The van der Waals surface area contributed by atoms with Crippen LogP contribution in [0.5, 0.6) is 5.75 Å². The molecule has 3 unspecified atom stereocenters. The molecule has 2 aliphatic rings. The van der Waals surface area contributed by atoms with Crippen molar-refractivity contribution < 1.29 is 14.2 Å². The zero-order valence-corrected chi connectivity index (χ0v) is 13.4. The first-order valence-corrected chi connectivity index (χ1v) is 7.78. The summed E-state index contributed by atoms with van der Waals surface area (Å²) in [5.41, 5.74) is -0.115. The second kappa shape index (κ2) is 4.45. The van der Waals surface area contributed by atoms with Crippen molar-refractivity contribution in [3.63, 3.8) is 0 Å². The molecule has 0 heterocycles. The van der Waals surface area contributed by atoms with E-state index in [4.69, 9.17) is 4.74 Å². The Balaban J connectivity index is 1.95. The van der Waals surface area contributed by atoms with Crippen molar-refractivity contribution in [1.82, 2.24) is 0 Å². The van der Waals surface area contributed by atoms with E-state index in [-0.39, 0.29) is 22.4 Å². The molecule has 3 atom stereocenters. The maximum atomic E-state index is 13.9. The van der Waals surface area contributed by atoms with Gasteiger partial charge in [-0.3, -0.25) is 0 Å². The Morgan fingerprint density at radius 1 is 1.33 bits per heavy atom. The molecule has 0 saturated heterocycles. The Kier molecular flexibility index (Phi) is 3.14. The van der Waals surface area contributed by atoms with E-state index in [1.165, 1.54) is 19.6 Å². The molecule has 2 fully saturated rings. The van der Waals surface area contributed by atoms with E-state index >= 15 is 0 Å². The molecule has 1 N–H and O–H groups in total. The number of hydrogen-bond donors (Lipinski definition) is 1. The van der Waals surface area contributed by atoms with Gasteiger partial charge in [-0.25, -0.2) is 4.39 Å². The number of methoxy groups -OCH3 is 1. The van der Waals surface area contributed by atoms with Gasteiger partial charge in [-0.05, 0) is 53.7 Å². The fourth-order valence-electron chi connectivity index (χ4n) is 4.90. The number of ether oxygens (including phenoxy) is 1. The molecular weight excluding hydrogens is 267 g/mol. The predicted octanol–water partition coefficient (Wildman–Crippen LogP) is 3.95. The van der Waals surface area contributed by atoms with Crippen molar-refractivity contribution in [3.05, 3.63) is 29.6 Å². The molecule has 0 amide bonds. The van der Waals surface area contributed by atoms with E-state index in [0.29, 0.717) is 12.3 Å². The Hall–Kier alpha value is -1.09. The van der Waals surface area contributed by atoms with E-state index < -0.39 is 5.60 Å². The predicted molar refractivity (Wildman–Crippen MR) is 80.8 cm³/mol. The first-order valence-electron chi connectivity index (χ1n) is 7.78. The molecule has 2 bridgehead atoms. The van der Waals surface area contributed by atoms with Gasteiger partial charge in [0.15, 0.2) is 11.6 Å². The molecule has 116 valence electrons. The molecule has 0 radical (unpaired) electrons. The summed E-state index contributed by atoms with van der Waals surface area (Å²) in [5, 5.41) is 11.5. The monoisotopic (exact) mass is 292 g/mol. The zero-order valence-electron chi connectivity index (χ0n) is 13.4. The molecule has 0 aromatic heterocycles. The minimum atomic E-state index is -0.774. The maximum Gasteiger partial charge on any atom is 0.165 e. The lowest BCUT2D eigenvalue weighted by atomic mass is 9.58. The summed E-state index contributed by atoms with van der Waals surface area (Å²) in [7, 11) is 1.46. The van der Waals surface area contributed by atoms with Gasteiger partial charge in [0.05, 0.1) is 12.7 Å². The second-order valence-electron chi connectivity index (χ2n) is 7.73. The molecule has 2 nitrogen and oxygen atoms in total. The van der Waals surface area contributed by atoms with E-state index in [1.54, 1.807) is 6.07 Å². The van der Waals surface area contributed by atoms with Crippen molar-refractivity contribution in [3.8, 4) is 5.75 Å². The van der Waals surface area contributed by atoms with Crippen LogP contribution in [0.1, 0.15) is 45.6 Å². The van der Waals surface area contributed by atoms with Gasteiger partial charge in [-0.2, -0.15) is 0 Å². The second-order valence-corrected chi connectivity index (χ2v) is 7.73. The summed E-state index contributed by atoms with van der Waals surface area (Å²) in [5.74, 6) is 0.462. The van der Waals surface area contributed by atoms with Crippen LogP contribution in [0.15, 0.2) is 18.2 Å². The van der Waals surface area contributed by atoms with Crippen LogP contribution in [-0.2, 0) is 6.42 Å². The fourth-order valence-corrected chi connectivity index (χ4v) is 4.90. The highest BCUT2D eigenvalue weighted by molar-refractivity contribution is 5.32. The van der Waals surface area contributed by atoms with Gasteiger partial charge in [0.25, 0.3) is 0 Å². The van der Waals surface area contributed by atoms with E-state index in [9.17, 15) is 9.50 Å². The van der Waals surface area contributed by atoms with Gasteiger partial charge in [0.1, 0.15) is 0 Å². The summed E-state index contributed by atoms with van der Waals surface area (Å²) < 4.78 is 18.9. The van der Waals surface area contributed by atoms with Gasteiger partial charge in [-0.1, -0.05) is 26.8 Å². The highest BCUT2D eigenvalue weighted by Gasteiger charge is 2.67. The van der Waals surface area contributed by atoms with E-state index in [0.717, 1.165) is 18.4 Å². The van der Waals surface area contributed by atoms with E-state index in [1.807, 2.05) is 6.07 Å². The van der Waals surface area contributed by atoms with Crippen LogP contribution >= 0.6 is 0 Å². The SMILES string of the molecule is COc1ccc(CC2(O)C3(C)CCC(C3)C2(C)C)cc1F.